The molecule has 0 radical (unpaired) electrons. The SMILES string of the molecule is Cc1ccc(C)c(OCc2nnc(SCC(=O)N(C)Cc3c(F)cccc3Cl)o2)c1. The Balaban J connectivity index is 1.51. The Labute approximate surface area is 183 Å². The van der Waals surface area contributed by atoms with E-state index < -0.39 is 5.82 Å². The van der Waals surface area contributed by atoms with Gasteiger partial charge in [0.1, 0.15) is 11.6 Å². The second-order valence-corrected chi connectivity index (χ2v) is 8.09. The Morgan fingerprint density at radius 3 is 2.83 bits per heavy atom. The molecule has 0 atom stereocenters. The molecule has 0 aliphatic carbocycles. The van der Waals surface area contributed by atoms with Crippen LogP contribution in [0, 0.1) is 19.7 Å². The van der Waals surface area contributed by atoms with E-state index in [2.05, 4.69) is 10.2 Å². The van der Waals surface area contributed by atoms with Crippen molar-refractivity contribution in [3.63, 3.8) is 0 Å². The van der Waals surface area contributed by atoms with Gasteiger partial charge in [0.05, 0.1) is 5.75 Å². The molecule has 0 bridgehead atoms. The van der Waals surface area contributed by atoms with Crippen molar-refractivity contribution < 1.29 is 18.3 Å². The zero-order chi connectivity index (χ0) is 21.7. The summed E-state index contributed by atoms with van der Waals surface area (Å²) in [5.74, 6) is 0.483. The topological polar surface area (TPSA) is 68.5 Å². The van der Waals surface area contributed by atoms with Crippen molar-refractivity contribution in [3.8, 4) is 5.75 Å². The number of amides is 1. The van der Waals surface area contributed by atoms with Gasteiger partial charge >= 0.3 is 0 Å². The van der Waals surface area contributed by atoms with Gasteiger partial charge in [-0.3, -0.25) is 4.79 Å². The van der Waals surface area contributed by atoms with Gasteiger partial charge in [0.15, 0.2) is 6.61 Å². The molecule has 0 spiro atoms. The molecule has 158 valence electrons. The number of aryl methyl sites for hydroxylation is 2. The summed E-state index contributed by atoms with van der Waals surface area (Å²) in [7, 11) is 1.59. The van der Waals surface area contributed by atoms with E-state index in [0.29, 0.717) is 5.89 Å². The van der Waals surface area contributed by atoms with Crippen LogP contribution < -0.4 is 4.74 Å². The second kappa shape index (κ2) is 9.95. The Morgan fingerprint density at radius 2 is 2.07 bits per heavy atom. The average molecular weight is 450 g/mol. The summed E-state index contributed by atoms with van der Waals surface area (Å²) in [5.41, 5.74) is 2.39. The van der Waals surface area contributed by atoms with Crippen LogP contribution >= 0.6 is 23.4 Å². The summed E-state index contributed by atoms with van der Waals surface area (Å²) in [4.78, 5) is 13.8. The molecule has 0 unspecified atom stereocenters. The van der Waals surface area contributed by atoms with Gasteiger partial charge in [-0.15, -0.1) is 10.2 Å². The minimum absolute atomic E-state index is 0.0715. The third-order valence-electron chi connectivity index (χ3n) is 4.34. The van der Waals surface area contributed by atoms with Crippen LogP contribution in [0.25, 0.3) is 0 Å². The van der Waals surface area contributed by atoms with E-state index in [1.54, 1.807) is 13.1 Å². The monoisotopic (exact) mass is 449 g/mol. The summed E-state index contributed by atoms with van der Waals surface area (Å²) in [5, 5.41) is 8.42. The number of nitrogens with zero attached hydrogens (tertiary/aromatic N) is 3. The highest BCUT2D eigenvalue weighted by Gasteiger charge is 2.16. The molecule has 0 aliphatic heterocycles. The highest BCUT2D eigenvalue weighted by molar-refractivity contribution is 7.99. The standard InChI is InChI=1S/C21H21ClFN3O3S/c1-13-7-8-14(2)18(9-13)28-11-19-24-25-21(29-19)30-12-20(27)26(3)10-15-16(22)5-4-6-17(15)23/h4-9H,10-12H2,1-3H3. The van der Waals surface area contributed by atoms with Crippen LogP contribution in [-0.2, 0) is 17.9 Å². The minimum Gasteiger partial charge on any atom is -0.484 e. The van der Waals surface area contributed by atoms with E-state index in [4.69, 9.17) is 20.8 Å². The number of halogens is 2. The lowest BCUT2D eigenvalue weighted by Crippen LogP contribution is -2.28. The normalized spacial score (nSPS) is 10.8. The molecular weight excluding hydrogens is 429 g/mol. The van der Waals surface area contributed by atoms with E-state index in [-0.39, 0.29) is 40.6 Å². The first-order valence-electron chi connectivity index (χ1n) is 9.15. The van der Waals surface area contributed by atoms with Gasteiger partial charge in [0.25, 0.3) is 11.1 Å². The van der Waals surface area contributed by atoms with Crippen molar-refractivity contribution in [1.82, 2.24) is 15.1 Å². The zero-order valence-corrected chi connectivity index (χ0v) is 18.4. The number of aromatic nitrogens is 2. The molecule has 0 N–H and O–H groups in total. The third kappa shape index (κ3) is 5.73. The first kappa shape index (κ1) is 22.1. The molecule has 3 aromatic rings. The van der Waals surface area contributed by atoms with Crippen molar-refractivity contribution >= 4 is 29.3 Å². The molecule has 0 fully saturated rings. The van der Waals surface area contributed by atoms with E-state index >= 15 is 0 Å². The fourth-order valence-electron chi connectivity index (χ4n) is 2.60. The van der Waals surface area contributed by atoms with Crippen LogP contribution in [0.5, 0.6) is 5.75 Å². The molecule has 2 aromatic carbocycles. The van der Waals surface area contributed by atoms with Crippen molar-refractivity contribution in [1.29, 1.82) is 0 Å². The molecule has 1 amide bonds. The summed E-state index contributed by atoms with van der Waals surface area (Å²) >= 11 is 7.13. The largest absolute Gasteiger partial charge is 0.484 e. The van der Waals surface area contributed by atoms with Crippen molar-refractivity contribution in [2.75, 3.05) is 12.8 Å². The smallest absolute Gasteiger partial charge is 0.277 e. The fourth-order valence-corrected chi connectivity index (χ4v) is 3.54. The number of carbonyl (C=O) groups is 1. The lowest BCUT2D eigenvalue weighted by Gasteiger charge is -2.17. The van der Waals surface area contributed by atoms with E-state index in [1.807, 2.05) is 32.0 Å². The number of ether oxygens (including phenoxy) is 1. The molecule has 1 aromatic heterocycles. The Kier molecular flexibility index (Phi) is 7.33. The van der Waals surface area contributed by atoms with E-state index in [0.717, 1.165) is 28.6 Å². The lowest BCUT2D eigenvalue weighted by molar-refractivity contribution is -0.127. The second-order valence-electron chi connectivity index (χ2n) is 6.76. The Hall–Kier alpha value is -2.58. The van der Waals surface area contributed by atoms with Crippen LogP contribution in [0.4, 0.5) is 4.39 Å². The van der Waals surface area contributed by atoms with E-state index in [1.165, 1.54) is 17.0 Å². The average Bonchev–Trinajstić information content (AvgIpc) is 3.17. The van der Waals surface area contributed by atoms with Crippen molar-refractivity contribution in [2.45, 2.75) is 32.2 Å². The van der Waals surface area contributed by atoms with Gasteiger partial charge in [-0.2, -0.15) is 0 Å². The van der Waals surface area contributed by atoms with Crippen LogP contribution in [-0.4, -0.2) is 33.8 Å². The van der Waals surface area contributed by atoms with Gasteiger partial charge in [-0.1, -0.05) is 41.6 Å². The van der Waals surface area contributed by atoms with Crippen LogP contribution in [0.15, 0.2) is 46.0 Å². The minimum atomic E-state index is -0.444. The van der Waals surface area contributed by atoms with Gasteiger partial charge in [0, 0.05) is 24.2 Å². The number of hydrogen-bond acceptors (Lipinski definition) is 6. The first-order valence-corrected chi connectivity index (χ1v) is 10.5. The first-order chi connectivity index (χ1) is 14.3. The van der Waals surface area contributed by atoms with Gasteiger partial charge in [0.2, 0.25) is 5.91 Å². The molecular formula is C21H21ClFN3O3S. The molecule has 0 aliphatic rings. The van der Waals surface area contributed by atoms with Gasteiger partial charge in [-0.25, -0.2) is 4.39 Å². The highest BCUT2D eigenvalue weighted by atomic mass is 35.5. The fraction of sp³-hybridized carbons (Fsp3) is 0.286. The molecule has 9 heteroatoms. The third-order valence-corrected chi connectivity index (χ3v) is 5.50. The number of thioether (sulfide) groups is 1. The summed E-state index contributed by atoms with van der Waals surface area (Å²) in [6.07, 6.45) is 0. The number of hydrogen-bond donors (Lipinski definition) is 0. The van der Waals surface area contributed by atoms with Crippen LogP contribution in [0.3, 0.4) is 0 Å². The van der Waals surface area contributed by atoms with Crippen molar-refractivity contribution in [3.05, 3.63) is 69.8 Å². The number of carbonyl (C=O) groups excluding carboxylic acids is 1. The maximum Gasteiger partial charge on any atom is 0.277 e. The molecule has 0 saturated heterocycles. The summed E-state index contributed by atoms with van der Waals surface area (Å²) in [6, 6.07) is 10.4. The molecule has 3 rings (SSSR count). The number of benzene rings is 2. The Morgan fingerprint density at radius 1 is 1.27 bits per heavy atom. The molecule has 6 nitrogen and oxygen atoms in total. The lowest BCUT2D eigenvalue weighted by atomic mass is 10.1. The molecule has 0 saturated carbocycles. The quantitative estimate of drug-likeness (QED) is 0.460. The van der Waals surface area contributed by atoms with Gasteiger partial charge < -0.3 is 14.1 Å². The predicted molar refractivity (Wildman–Crippen MR) is 113 cm³/mol. The van der Waals surface area contributed by atoms with Crippen LogP contribution in [0.2, 0.25) is 5.02 Å². The van der Waals surface area contributed by atoms with Crippen molar-refractivity contribution in [2.24, 2.45) is 0 Å². The van der Waals surface area contributed by atoms with E-state index in [9.17, 15) is 9.18 Å². The summed E-state index contributed by atoms with van der Waals surface area (Å²) < 4.78 is 25.2. The van der Waals surface area contributed by atoms with Gasteiger partial charge in [-0.05, 0) is 43.2 Å². The number of rotatable bonds is 8. The molecule has 1 heterocycles. The highest BCUT2D eigenvalue weighted by Crippen LogP contribution is 2.23. The van der Waals surface area contributed by atoms with Crippen LogP contribution in [0.1, 0.15) is 22.6 Å². The molecule has 30 heavy (non-hydrogen) atoms. The maximum absolute atomic E-state index is 13.9. The maximum atomic E-state index is 13.9. The Bertz CT molecular complexity index is 1020. The zero-order valence-electron chi connectivity index (χ0n) is 16.8. The summed E-state index contributed by atoms with van der Waals surface area (Å²) in [6.45, 7) is 4.16. The predicted octanol–water partition coefficient (Wildman–Crippen LogP) is 4.81.